The fraction of sp³-hybridized carbons (Fsp3) is 0. The first kappa shape index (κ1) is 35.5. The fourth-order valence-electron chi connectivity index (χ4n) is 8.88. The standard InChI is InChI=1S/C56H36N6/c1-4-15-37(16-5-1)38-31-33-43(34-32-38)61-50-25-12-10-21-44(50)46-35-36-47-45-22-11-13-26-51(45)62(53(47)52(46)61)56-59-54(41-19-8-3-9-20-41)58-55(60-56)42-29-27-40(28-30-42)49-24-14-23-48(57-49)39-17-6-2-7-18-39/h1-36H. The quantitative estimate of drug-likeness (QED) is 0.161. The summed E-state index contributed by atoms with van der Waals surface area (Å²) in [4.78, 5) is 20.8. The zero-order chi connectivity index (χ0) is 41.0. The molecule has 0 bridgehead atoms. The number of pyridine rings is 1. The summed E-state index contributed by atoms with van der Waals surface area (Å²) in [5.74, 6) is 1.73. The average Bonchev–Trinajstić information content (AvgIpc) is 3.88. The van der Waals surface area contributed by atoms with E-state index in [1.165, 1.54) is 16.5 Å². The summed E-state index contributed by atoms with van der Waals surface area (Å²) in [6.07, 6.45) is 0. The van der Waals surface area contributed by atoms with Gasteiger partial charge in [0, 0.05) is 49.5 Å². The van der Waals surface area contributed by atoms with Gasteiger partial charge in [-0.05, 0) is 47.5 Å². The van der Waals surface area contributed by atoms with E-state index in [2.05, 4.69) is 185 Å². The summed E-state index contributed by atoms with van der Waals surface area (Å²) in [5, 5.41) is 4.58. The number of para-hydroxylation sites is 2. The van der Waals surface area contributed by atoms with Crippen LogP contribution in [-0.4, -0.2) is 29.1 Å². The third-order valence-electron chi connectivity index (χ3n) is 11.8. The van der Waals surface area contributed by atoms with Crippen molar-refractivity contribution in [3.8, 4) is 68.1 Å². The van der Waals surface area contributed by atoms with Crippen molar-refractivity contribution >= 4 is 43.6 Å². The van der Waals surface area contributed by atoms with Gasteiger partial charge in [-0.25, -0.2) is 9.97 Å². The van der Waals surface area contributed by atoms with Crippen LogP contribution >= 0.6 is 0 Å². The lowest BCUT2D eigenvalue weighted by molar-refractivity contribution is 0.953. The van der Waals surface area contributed by atoms with Crippen LogP contribution < -0.4 is 0 Å². The molecule has 12 rings (SSSR count). The number of fused-ring (bicyclic) bond motifs is 7. The van der Waals surface area contributed by atoms with Gasteiger partial charge in [0.05, 0.1) is 33.5 Å². The molecule has 62 heavy (non-hydrogen) atoms. The van der Waals surface area contributed by atoms with E-state index in [9.17, 15) is 0 Å². The second kappa shape index (κ2) is 14.7. The third-order valence-corrected chi connectivity index (χ3v) is 11.8. The second-order valence-corrected chi connectivity index (χ2v) is 15.5. The number of aromatic nitrogens is 6. The van der Waals surface area contributed by atoms with E-state index < -0.39 is 0 Å². The predicted molar refractivity (Wildman–Crippen MR) is 253 cm³/mol. The molecular weight excluding hydrogens is 757 g/mol. The number of nitrogens with zero attached hydrogens (tertiary/aromatic N) is 6. The lowest BCUT2D eigenvalue weighted by Crippen LogP contribution is -2.07. The molecule has 0 unspecified atom stereocenters. The van der Waals surface area contributed by atoms with E-state index in [4.69, 9.17) is 19.9 Å². The van der Waals surface area contributed by atoms with Crippen LogP contribution in [0.15, 0.2) is 218 Å². The van der Waals surface area contributed by atoms with Crippen molar-refractivity contribution in [2.24, 2.45) is 0 Å². The van der Waals surface area contributed by atoms with Gasteiger partial charge >= 0.3 is 0 Å². The van der Waals surface area contributed by atoms with Crippen molar-refractivity contribution < 1.29 is 0 Å². The van der Waals surface area contributed by atoms with Crippen molar-refractivity contribution in [2.75, 3.05) is 0 Å². The topological polar surface area (TPSA) is 61.4 Å². The zero-order valence-electron chi connectivity index (χ0n) is 33.5. The fourth-order valence-corrected chi connectivity index (χ4v) is 8.88. The summed E-state index contributed by atoms with van der Waals surface area (Å²) in [7, 11) is 0. The minimum absolute atomic E-state index is 0.546. The van der Waals surface area contributed by atoms with E-state index in [1.807, 2.05) is 42.5 Å². The van der Waals surface area contributed by atoms with Crippen LogP contribution in [-0.2, 0) is 0 Å². The van der Waals surface area contributed by atoms with Gasteiger partial charge < -0.3 is 4.57 Å². The van der Waals surface area contributed by atoms with E-state index in [0.717, 1.165) is 77.6 Å². The number of rotatable bonds is 7. The van der Waals surface area contributed by atoms with Gasteiger partial charge in [0.1, 0.15) is 0 Å². The molecule has 6 heteroatoms. The maximum Gasteiger partial charge on any atom is 0.238 e. The Morgan fingerprint density at radius 1 is 0.258 bits per heavy atom. The summed E-state index contributed by atoms with van der Waals surface area (Å²) < 4.78 is 4.64. The van der Waals surface area contributed by atoms with Crippen molar-refractivity contribution in [2.45, 2.75) is 0 Å². The molecule has 0 amide bonds. The Bertz CT molecular complexity index is 3590. The Morgan fingerprint density at radius 2 is 0.677 bits per heavy atom. The van der Waals surface area contributed by atoms with Gasteiger partial charge in [-0.1, -0.05) is 182 Å². The van der Waals surface area contributed by atoms with Crippen LogP contribution in [0.4, 0.5) is 0 Å². The Labute approximate surface area is 357 Å². The highest BCUT2D eigenvalue weighted by Crippen LogP contribution is 2.42. The highest BCUT2D eigenvalue weighted by Gasteiger charge is 2.23. The molecule has 0 spiro atoms. The van der Waals surface area contributed by atoms with Crippen molar-refractivity contribution in [1.29, 1.82) is 0 Å². The van der Waals surface area contributed by atoms with Gasteiger partial charge in [-0.15, -0.1) is 0 Å². The van der Waals surface area contributed by atoms with Crippen LogP contribution in [0.5, 0.6) is 0 Å². The van der Waals surface area contributed by atoms with Crippen LogP contribution in [0, 0.1) is 0 Å². The van der Waals surface area contributed by atoms with Gasteiger partial charge in [0.25, 0.3) is 0 Å². The molecule has 0 N–H and O–H groups in total. The Morgan fingerprint density at radius 3 is 1.27 bits per heavy atom. The van der Waals surface area contributed by atoms with Gasteiger partial charge in [0.2, 0.25) is 5.95 Å². The maximum absolute atomic E-state index is 5.35. The normalized spacial score (nSPS) is 11.5. The molecule has 4 aromatic heterocycles. The maximum atomic E-state index is 5.35. The minimum atomic E-state index is 0.546. The monoisotopic (exact) mass is 792 g/mol. The molecule has 0 aliphatic rings. The second-order valence-electron chi connectivity index (χ2n) is 15.5. The molecule has 0 saturated carbocycles. The van der Waals surface area contributed by atoms with Crippen LogP contribution in [0.1, 0.15) is 0 Å². The molecule has 0 fully saturated rings. The van der Waals surface area contributed by atoms with Crippen LogP contribution in [0.2, 0.25) is 0 Å². The lowest BCUT2D eigenvalue weighted by atomic mass is 10.1. The molecule has 0 aliphatic heterocycles. The van der Waals surface area contributed by atoms with Gasteiger partial charge in [0.15, 0.2) is 11.6 Å². The number of benzene rings is 8. The number of hydrogen-bond donors (Lipinski definition) is 0. The Balaban J connectivity index is 1.08. The smallest absolute Gasteiger partial charge is 0.238 e. The largest absolute Gasteiger partial charge is 0.307 e. The summed E-state index contributed by atoms with van der Waals surface area (Å²) >= 11 is 0. The highest BCUT2D eigenvalue weighted by atomic mass is 15.2. The molecule has 0 radical (unpaired) electrons. The molecule has 6 nitrogen and oxygen atoms in total. The van der Waals surface area contributed by atoms with Gasteiger partial charge in [-0.2, -0.15) is 9.97 Å². The molecule has 12 aromatic rings. The van der Waals surface area contributed by atoms with E-state index >= 15 is 0 Å². The first-order chi connectivity index (χ1) is 30.7. The molecule has 290 valence electrons. The number of hydrogen-bond acceptors (Lipinski definition) is 4. The summed E-state index contributed by atoms with van der Waals surface area (Å²) in [6.45, 7) is 0. The van der Waals surface area contributed by atoms with Gasteiger partial charge in [-0.3, -0.25) is 4.57 Å². The molecule has 0 saturated heterocycles. The molecule has 4 heterocycles. The molecular formula is C56H36N6. The lowest BCUT2D eigenvalue weighted by Gasteiger charge is -2.14. The van der Waals surface area contributed by atoms with E-state index in [0.29, 0.717) is 17.6 Å². The summed E-state index contributed by atoms with van der Waals surface area (Å²) in [6, 6.07) is 76.1. The molecule has 0 aliphatic carbocycles. The van der Waals surface area contributed by atoms with Crippen molar-refractivity contribution in [1.82, 2.24) is 29.1 Å². The Kier molecular flexibility index (Phi) is 8.38. The first-order valence-electron chi connectivity index (χ1n) is 20.8. The van der Waals surface area contributed by atoms with E-state index in [-0.39, 0.29) is 0 Å². The Hall–Kier alpha value is -8.48. The van der Waals surface area contributed by atoms with Crippen LogP contribution in [0.25, 0.3) is 112 Å². The average molecular weight is 793 g/mol. The van der Waals surface area contributed by atoms with E-state index in [1.54, 1.807) is 0 Å². The minimum Gasteiger partial charge on any atom is -0.307 e. The predicted octanol–water partition coefficient (Wildman–Crippen LogP) is 13.8. The molecule has 8 aromatic carbocycles. The van der Waals surface area contributed by atoms with Crippen molar-refractivity contribution in [3.05, 3.63) is 218 Å². The zero-order valence-corrected chi connectivity index (χ0v) is 33.5. The SMILES string of the molecule is c1ccc(-c2ccc(-n3c4ccccc4c4ccc5c6ccccc6n(-c6nc(-c7ccccc7)nc(-c7ccc(-c8cccc(-c9ccccc9)n8)cc7)n6)c5c43)cc2)cc1. The molecule has 0 atom stereocenters. The first-order valence-corrected chi connectivity index (χ1v) is 20.8. The van der Waals surface area contributed by atoms with Crippen molar-refractivity contribution in [3.63, 3.8) is 0 Å². The van der Waals surface area contributed by atoms with Crippen LogP contribution in [0.3, 0.4) is 0 Å². The third kappa shape index (κ3) is 5.96. The highest BCUT2D eigenvalue weighted by molar-refractivity contribution is 6.23. The summed E-state index contributed by atoms with van der Waals surface area (Å²) in [5.41, 5.74) is 13.4.